The van der Waals surface area contributed by atoms with Crippen LogP contribution in [0.15, 0.2) is 182 Å². The molecule has 0 atom stereocenters. The van der Waals surface area contributed by atoms with Gasteiger partial charge in [0.25, 0.3) is 0 Å². The van der Waals surface area contributed by atoms with Crippen molar-refractivity contribution in [2.24, 2.45) is 0 Å². The smallest absolute Gasteiger partial charge is 0.0620 e. The second-order valence-electron chi connectivity index (χ2n) is 13.0. The van der Waals surface area contributed by atoms with Crippen molar-refractivity contribution in [3.63, 3.8) is 0 Å². The van der Waals surface area contributed by atoms with Crippen molar-refractivity contribution in [3.05, 3.63) is 193 Å². The zero-order valence-electron chi connectivity index (χ0n) is 28.2. The lowest BCUT2D eigenvalue weighted by molar-refractivity contribution is 1.30. The van der Waals surface area contributed by atoms with Gasteiger partial charge in [0.2, 0.25) is 0 Å². The predicted octanol–water partition coefficient (Wildman–Crippen LogP) is 13.9. The minimum absolute atomic E-state index is 1.12. The van der Waals surface area contributed by atoms with Gasteiger partial charge in [-0.3, -0.25) is 0 Å². The molecule has 2 heteroatoms. The molecule has 0 N–H and O–H groups in total. The fourth-order valence-electron chi connectivity index (χ4n) is 7.75. The minimum atomic E-state index is 1.12. The standard InChI is InChI=1S/C48H36N2/c1-33-29-31-45(39-23-11-9-21-37(33)39)49(35-17-5-3-6-18-35)47-41-25-13-15-27-43(41)48(44-28-16-14-26-42(44)47)50(36-19-7-4-8-20-36)46-32-30-34(2)38-22-10-12-24-40(38)46/h3-32H,1-2H3. The van der Waals surface area contributed by atoms with Crippen molar-refractivity contribution in [1.29, 1.82) is 0 Å². The third-order valence-corrected chi connectivity index (χ3v) is 10.1. The normalized spacial score (nSPS) is 11.4. The molecule has 0 spiro atoms. The summed E-state index contributed by atoms with van der Waals surface area (Å²) in [6.45, 7) is 4.40. The largest absolute Gasteiger partial charge is 0.309 e. The van der Waals surface area contributed by atoms with Crippen LogP contribution in [-0.2, 0) is 0 Å². The Bertz CT molecular complexity index is 2430. The fraction of sp³-hybridized carbons (Fsp3) is 0.0417. The van der Waals surface area contributed by atoms with Crippen LogP contribution < -0.4 is 9.80 Å². The maximum absolute atomic E-state index is 2.48. The summed E-state index contributed by atoms with van der Waals surface area (Å²) in [5.74, 6) is 0. The molecular formula is C48H36N2. The second kappa shape index (κ2) is 12.3. The molecule has 0 saturated carbocycles. The first-order chi connectivity index (χ1) is 24.7. The molecule has 0 heterocycles. The monoisotopic (exact) mass is 640 g/mol. The zero-order chi connectivity index (χ0) is 33.6. The Kier molecular flexibility index (Phi) is 7.29. The molecule has 0 aliphatic carbocycles. The highest BCUT2D eigenvalue weighted by molar-refractivity contribution is 6.24. The number of para-hydroxylation sites is 2. The molecule has 9 aromatic carbocycles. The Morgan fingerprint density at radius 2 is 0.540 bits per heavy atom. The lowest BCUT2D eigenvalue weighted by Gasteiger charge is -2.33. The Labute approximate surface area is 293 Å². The van der Waals surface area contributed by atoms with Crippen molar-refractivity contribution < 1.29 is 0 Å². The Morgan fingerprint density at radius 1 is 0.260 bits per heavy atom. The van der Waals surface area contributed by atoms with E-state index >= 15 is 0 Å². The number of hydrogen-bond donors (Lipinski definition) is 0. The van der Waals surface area contributed by atoms with E-state index in [0.29, 0.717) is 0 Å². The van der Waals surface area contributed by atoms with Crippen LogP contribution in [0.1, 0.15) is 11.1 Å². The molecule has 0 bridgehead atoms. The number of anilines is 6. The summed E-state index contributed by atoms with van der Waals surface area (Å²) < 4.78 is 0. The summed E-state index contributed by atoms with van der Waals surface area (Å²) >= 11 is 0. The molecule has 0 radical (unpaired) electrons. The molecule has 0 unspecified atom stereocenters. The van der Waals surface area contributed by atoms with E-state index in [2.05, 4.69) is 206 Å². The van der Waals surface area contributed by atoms with Gasteiger partial charge >= 0.3 is 0 Å². The van der Waals surface area contributed by atoms with Crippen molar-refractivity contribution >= 4 is 77.2 Å². The molecule has 9 rings (SSSR count). The molecule has 50 heavy (non-hydrogen) atoms. The molecule has 0 saturated heterocycles. The van der Waals surface area contributed by atoms with E-state index < -0.39 is 0 Å². The van der Waals surface area contributed by atoms with E-state index in [0.717, 1.165) is 22.7 Å². The molecular weight excluding hydrogens is 605 g/mol. The lowest BCUT2D eigenvalue weighted by Crippen LogP contribution is -2.15. The highest BCUT2D eigenvalue weighted by Gasteiger charge is 2.26. The van der Waals surface area contributed by atoms with Gasteiger partial charge in [-0.15, -0.1) is 0 Å². The van der Waals surface area contributed by atoms with Crippen LogP contribution in [0, 0.1) is 13.8 Å². The van der Waals surface area contributed by atoms with E-state index in [1.54, 1.807) is 0 Å². The van der Waals surface area contributed by atoms with E-state index in [-0.39, 0.29) is 0 Å². The Morgan fingerprint density at radius 3 is 0.880 bits per heavy atom. The summed E-state index contributed by atoms with van der Waals surface area (Å²) in [6.07, 6.45) is 0. The number of hydrogen-bond acceptors (Lipinski definition) is 2. The van der Waals surface area contributed by atoms with Gasteiger partial charge in [0.1, 0.15) is 0 Å². The van der Waals surface area contributed by atoms with Crippen molar-refractivity contribution in [1.82, 2.24) is 0 Å². The lowest BCUT2D eigenvalue weighted by atomic mass is 9.94. The number of benzene rings is 9. The highest BCUT2D eigenvalue weighted by Crippen LogP contribution is 2.52. The fourth-order valence-corrected chi connectivity index (χ4v) is 7.75. The minimum Gasteiger partial charge on any atom is -0.309 e. The van der Waals surface area contributed by atoms with Crippen LogP contribution in [0.5, 0.6) is 0 Å². The summed E-state index contributed by atoms with van der Waals surface area (Å²) in [5, 5.41) is 9.73. The maximum Gasteiger partial charge on any atom is 0.0620 e. The van der Waals surface area contributed by atoms with Gasteiger partial charge in [0.15, 0.2) is 0 Å². The van der Waals surface area contributed by atoms with Gasteiger partial charge in [-0.1, -0.05) is 146 Å². The van der Waals surface area contributed by atoms with E-state index in [4.69, 9.17) is 0 Å². The van der Waals surface area contributed by atoms with Gasteiger partial charge in [-0.2, -0.15) is 0 Å². The van der Waals surface area contributed by atoms with Crippen LogP contribution in [0.4, 0.5) is 34.1 Å². The third-order valence-electron chi connectivity index (χ3n) is 10.1. The molecule has 0 fully saturated rings. The molecule has 0 aliphatic heterocycles. The number of rotatable bonds is 6. The van der Waals surface area contributed by atoms with Crippen molar-refractivity contribution in [2.75, 3.05) is 9.80 Å². The van der Waals surface area contributed by atoms with Crippen LogP contribution in [0.25, 0.3) is 43.1 Å². The van der Waals surface area contributed by atoms with Crippen LogP contribution in [-0.4, -0.2) is 0 Å². The SMILES string of the molecule is Cc1ccc(N(c2ccccc2)c2c3ccccc3c(N(c3ccccc3)c3ccc(C)c4ccccc34)c3ccccc23)c2ccccc12. The van der Waals surface area contributed by atoms with Crippen LogP contribution >= 0.6 is 0 Å². The zero-order valence-corrected chi connectivity index (χ0v) is 28.2. The van der Waals surface area contributed by atoms with Crippen LogP contribution in [0.2, 0.25) is 0 Å². The highest BCUT2D eigenvalue weighted by atomic mass is 15.2. The average Bonchev–Trinajstić information content (AvgIpc) is 3.18. The number of fused-ring (bicyclic) bond motifs is 4. The summed E-state index contributed by atoms with van der Waals surface area (Å²) in [4.78, 5) is 4.95. The molecule has 0 aliphatic rings. The molecule has 0 aromatic heterocycles. The van der Waals surface area contributed by atoms with E-state index in [9.17, 15) is 0 Å². The Balaban J connectivity index is 1.43. The maximum atomic E-state index is 2.48. The third kappa shape index (κ3) is 4.80. The van der Waals surface area contributed by atoms with E-state index in [1.165, 1.54) is 65.6 Å². The number of nitrogens with zero attached hydrogens (tertiary/aromatic N) is 2. The summed E-state index contributed by atoms with van der Waals surface area (Å²) in [5.41, 5.74) is 9.43. The topological polar surface area (TPSA) is 6.48 Å². The molecule has 238 valence electrons. The van der Waals surface area contributed by atoms with E-state index in [1.807, 2.05) is 0 Å². The second-order valence-corrected chi connectivity index (χ2v) is 13.0. The Hall–Kier alpha value is -6.38. The first kappa shape index (κ1) is 29.7. The average molecular weight is 641 g/mol. The quantitative estimate of drug-likeness (QED) is 0.132. The van der Waals surface area contributed by atoms with Gasteiger partial charge in [0.05, 0.1) is 22.7 Å². The van der Waals surface area contributed by atoms with Crippen molar-refractivity contribution in [3.8, 4) is 0 Å². The number of aryl methyl sites for hydroxylation is 2. The summed E-state index contributed by atoms with van der Waals surface area (Å²) in [6, 6.07) is 66.2. The molecule has 0 amide bonds. The van der Waals surface area contributed by atoms with Gasteiger partial charge in [-0.25, -0.2) is 0 Å². The predicted molar refractivity (Wildman–Crippen MR) is 215 cm³/mol. The van der Waals surface area contributed by atoms with Gasteiger partial charge < -0.3 is 9.80 Å². The van der Waals surface area contributed by atoms with Crippen LogP contribution in [0.3, 0.4) is 0 Å². The van der Waals surface area contributed by atoms with Gasteiger partial charge in [-0.05, 0) is 72.1 Å². The molecule has 2 nitrogen and oxygen atoms in total. The van der Waals surface area contributed by atoms with Gasteiger partial charge in [0, 0.05) is 43.7 Å². The first-order valence-electron chi connectivity index (χ1n) is 17.3. The first-order valence-corrected chi connectivity index (χ1v) is 17.3. The summed E-state index contributed by atoms with van der Waals surface area (Å²) in [7, 11) is 0. The van der Waals surface area contributed by atoms with Crippen molar-refractivity contribution in [2.45, 2.75) is 13.8 Å². The molecule has 9 aromatic rings.